The average molecular weight is 396 g/mol. The van der Waals surface area contributed by atoms with Gasteiger partial charge in [-0.3, -0.25) is 4.90 Å². The molecule has 0 aromatic heterocycles. The van der Waals surface area contributed by atoms with Crippen molar-refractivity contribution < 1.29 is 14.3 Å². The van der Waals surface area contributed by atoms with E-state index in [1.807, 2.05) is 60.4 Å². The lowest BCUT2D eigenvalue weighted by Crippen LogP contribution is -2.53. The van der Waals surface area contributed by atoms with Crippen molar-refractivity contribution in [1.82, 2.24) is 9.80 Å². The molecule has 2 fully saturated rings. The Morgan fingerprint density at radius 3 is 2.41 bits per heavy atom. The van der Waals surface area contributed by atoms with Gasteiger partial charge in [-0.2, -0.15) is 0 Å². The SMILES string of the molecule is Cc1ccc(Oc2ccccc2NC(=O)N2CCN(C3CCOCC3)CC2)cc1. The number of ether oxygens (including phenoxy) is 2. The number of nitrogens with zero attached hydrogens (tertiary/aromatic N) is 2. The van der Waals surface area contributed by atoms with Gasteiger partial charge >= 0.3 is 6.03 Å². The van der Waals surface area contributed by atoms with Crippen LogP contribution >= 0.6 is 0 Å². The molecule has 2 aromatic rings. The van der Waals surface area contributed by atoms with Gasteiger partial charge in [0.2, 0.25) is 0 Å². The molecular formula is C23H29N3O3. The molecule has 6 nitrogen and oxygen atoms in total. The highest BCUT2D eigenvalue weighted by molar-refractivity contribution is 5.91. The van der Waals surface area contributed by atoms with Gasteiger partial charge in [-0.1, -0.05) is 29.8 Å². The number of piperazine rings is 1. The van der Waals surface area contributed by atoms with Crippen molar-refractivity contribution in [3.63, 3.8) is 0 Å². The van der Waals surface area contributed by atoms with E-state index in [0.717, 1.165) is 58.0 Å². The smallest absolute Gasteiger partial charge is 0.322 e. The predicted molar refractivity (Wildman–Crippen MR) is 114 cm³/mol. The Balaban J connectivity index is 1.34. The highest BCUT2D eigenvalue weighted by atomic mass is 16.5. The molecule has 0 unspecified atom stereocenters. The minimum atomic E-state index is -0.0726. The van der Waals surface area contributed by atoms with Crippen LogP contribution in [0.4, 0.5) is 10.5 Å². The van der Waals surface area contributed by atoms with Gasteiger partial charge in [0, 0.05) is 45.4 Å². The molecular weight excluding hydrogens is 366 g/mol. The molecule has 0 spiro atoms. The summed E-state index contributed by atoms with van der Waals surface area (Å²) in [6.45, 7) is 7.06. The van der Waals surface area contributed by atoms with Crippen molar-refractivity contribution in [2.75, 3.05) is 44.7 Å². The molecule has 2 aliphatic rings. The monoisotopic (exact) mass is 395 g/mol. The number of para-hydroxylation sites is 2. The van der Waals surface area contributed by atoms with Crippen LogP contribution in [0.3, 0.4) is 0 Å². The third-order valence-electron chi connectivity index (χ3n) is 5.69. The number of benzene rings is 2. The molecule has 29 heavy (non-hydrogen) atoms. The second kappa shape index (κ2) is 9.29. The van der Waals surface area contributed by atoms with Crippen molar-refractivity contribution in [3.8, 4) is 11.5 Å². The van der Waals surface area contributed by atoms with Crippen LogP contribution in [0.2, 0.25) is 0 Å². The lowest BCUT2D eigenvalue weighted by molar-refractivity contribution is 0.0194. The third-order valence-corrected chi connectivity index (χ3v) is 5.69. The Bertz CT molecular complexity index is 810. The maximum absolute atomic E-state index is 12.8. The predicted octanol–water partition coefficient (Wildman–Crippen LogP) is 4.12. The van der Waals surface area contributed by atoms with E-state index >= 15 is 0 Å². The molecule has 4 rings (SSSR count). The zero-order valence-corrected chi connectivity index (χ0v) is 17.0. The largest absolute Gasteiger partial charge is 0.455 e. The minimum absolute atomic E-state index is 0.0726. The van der Waals surface area contributed by atoms with Gasteiger partial charge in [-0.25, -0.2) is 4.79 Å². The Hall–Kier alpha value is -2.57. The maximum atomic E-state index is 12.8. The van der Waals surface area contributed by atoms with Crippen LogP contribution in [-0.2, 0) is 4.74 Å². The number of nitrogens with one attached hydrogen (secondary N) is 1. The molecule has 2 amide bonds. The Morgan fingerprint density at radius 1 is 1.00 bits per heavy atom. The number of anilines is 1. The molecule has 0 saturated carbocycles. The Morgan fingerprint density at radius 2 is 1.69 bits per heavy atom. The Kier molecular flexibility index (Phi) is 6.32. The first-order chi connectivity index (χ1) is 14.2. The summed E-state index contributed by atoms with van der Waals surface area (Å²) < 4.78 is 11.5. The van der Waals surface area contributed by atoms with Crippen LogP contribution in [0, 0.1) is 6.92 Å². The minimum Gasteiger partial charge on any atom is -0.455 e. The highest BCUT2D eigenvalue weighted by Gasteiger charge is 2.27. The van der Waals surface area contributed by atoms with E-state index in [0.29, 0.717) is 17.5 Å². The van der Waals surface area contributed by atoms with Gasteiger partial charge in [0.05, 0.1) is 5.69 Å². The standard InChI is InChI=1S/C23H29N3O3/c1-18-6-8-20(9-7-18)29-22-5-3-2-4-21(22)24-23(27)26-14-12-25(13-15-26)19-10-16-28-17-11-19/h2-9,19H,10-17H2,1H3,(H,24,27). The van der Waals surface area contributed by atoms with Gasteiger partial charge in [0.1, 0.15) is 5.75 Å². The first kappa shape index (κ1) is 19.7. The lowest BCUT2D eigenvalue weighted by atomic mass is 10.1. The summed E-state index contributed by atoms with van der Waals surface area (Å²) in [4.78, 5) is 17.2. The fourth-order valence-corrected chi connectivity index (χ4v) is 3.93. The summed E-state index contributed by atoms with van der Waals surface area (Å²) in [7, 11) is 0. The number of carbonyl (C=O) groups excluding carboxylic acids is 1. The number of aryl methyl sites for hydroxylation is 1. The van der Waals surface area contributed by atoms with Crippen molar-refractivity contribution in [2.45, 2.75) is 25.8 Å². The first-order valence-electron chi connectivity index (χ1n) is 10.4. The summed E-state index contributed by atoms with van der Waals surface area (Å²) in [5.41, 5.74) is 1.86. The normalized spacial score (nSPS) is 18.4. The molecule has 0 radical (unpaired) electrons. The van der Waals surface area contributed by atoms with Crippen molar-refractivity contribution in [2.24, 2.45) is 0 Å². The Labute approximate surface area is 172 Å². The molecule has 2 heterocycles. The van der Waals surface area contributed by atoms with E-state index in [4.69, 9.17) is 9.47 Å². The molecule has 0 aliphatic carbocycles. The topological polar surface area (TPSA) is 54.0 Å². The lowest BCUT2D eigenvalue weighted by Gasteiger charge is -2.40. The van der Waals surface area contributed by atoms with Gasteiger partial charge in [0.15, 0.2) is 5.75 Å². The molecule has 0 atom stereocenters. The summed E-state index contributed by atoms with van der Waals surface area (Å²) in [6, 6.07) is 16.0. The molecule has 2 aliphatic heterocycles. The summed E-state index contributed by atoms with van der Waals surface area (Å²) >= 11 is 0. The quantitative estimate of drug-likeness (QED) is 0.846. The van der Waals surface area contributed by atoms with Crippen molar-refractivity contribution in [3.05, 3.63) is 54.1 Å². The average Bonchev–Trinajstić information content (AvgIpc) is 2.77. The number of amides is 2. The van der Waals surface area contributed by atoms with Crippen LogP contribution in [0.25, 0.3) is 0 Å². The van der Waals surface area contributed by atoms with Crippen LogP contribution in [0.1, 0.15) is 18.4 Å². The van der Waals surface area contributed by atoms with E-state index in [9.17, 15) is 4.79 Å². The van der Waals surface area contributed by atoms with Crippen LogP contribution in [-0.4, -0.2) is 61.3 Å². The summed E-state index contributed by atoms with van der Waals surface area (Å²) in [5, 5.41) is 3.03. The number of hydrogen-bond acceptors (Lipinski definition) is 4. The molecule has 0 bridgehead atoms. The fourth-order valence-electron chi connectivity index (χ4n) is 3.93. The fraction of sp³-hybridized carbons (Fsp3) is 0.435. The maximum Gasteiger partial charge on any atom is 0.322 e. The van der Waals surface area contributed by atoms with Gasteiger partial charge in [-0.05, 0) is 44.0 Å². The number of rotatable bonds is 4. The summed E-state index contributed by atoms with van der Waals surface area (Å²) in [6.07, 6.45) is 2.19. The van der Waals surface area contributed by atoms with Crippen LogP contribution in [0.15, 0.2) is 48.5 Å². The van der Waals surface area contributed by atoms with E-state index in [1.54, 1.807) is 0 Å². The zero-order valence-electron chi connectivity index (χ0n) is 17.0. The van der Waals surface area contributed by atoms with Crippen molar-refractivity contribution in [1.29, 1.82) is 0 Å². The summed E-state index contributed by atoms with van der Waals surface area (Å²) in [5.74, 6) is 1.40. The number of urea groups is 1. The van der Waals surface area contributed by atoms with E-state index in [2.05, 4.69) is 10.2 Å². The first-order valence-corrected chi connectivity index (χ1v) is 10.4. The molecule has 6 heteroatoms. The third kappa shape index (κ3) is 5.08. The molecule has 154 valence electrons. The van der Waals surface area contributed by atoms with Gasteiger partial charge in [-0.15, -0.1) is 0 Å². The van der Waals surface area contributed by atoms with Crippen LogP contribution < -0.4 is 10.1 Å². The molecule has 1 N–H and O–H groups in total. The van der Waals surface area contributed by atoms with E-state index in [1.165, 1.54) is 5.56 Å². The van der Waals surface area contributed by atoms with E-state index < -0.39 is 0 Å². The van der Waals surface area contributed by atoms with Gasteiger partial charge in [0.25, 0.3) is 0 Å². The highest BCUT2D eigenvalue weighted by Crippen LogP contribution is 2.29. The number of carbonyl (C=O) groups is 1. The zero-order chi connectivity index (χ0) is 20.1. The van der Waals surface area contributed by atoms with E-state index in [-0.39, 0.29) is 6.03 Å². The number of hydrogen-bond donors (Lipinski definition) is 1. The molecule has 2 saturated heterocycles. The molecule has 2 aromatic carbocycles. The second-order valence-corrected chi connectivity index (χ2v) is 7.71. The second-order valence-electron chi connectivity index (χ2n) is 7.71. The van der Waals surface area contributed by atoms with Crippen LogP contribution in [0.5, 0.6) is 11.5 Å². The van der Waals surface area contributed by atoms with Gasteiger partial charge < -0.3 is 19.7 Å². The van der Waals surface area contributed by atoms with Crippen molar-refractivity contribution >= 4 is 11.7 Å².